The minimum Gasteiger partial charge on any atom is -0.465 e. The molecule has 0 spiro atoms. The lowest BCUT2D eigenvalue weighted by molar-refractivity contribution is -0.115. The lowest BCUT2D eigenvalue weighted by Gasteiger charge is -2.09. The summed E-state index contributed by atoms with van der Waals surface area (Å²) >= 11 is 6.00. The van der Waals surface area contributed by atoms with Gasteiger partial charge in [0.15, 0.2) is 0 Å². The maximum Gasteiger partial charge on any atom is 0.339 e. The molecule has 1 heterocycles. The fourth-order valence-corrected chi connectivity index (χ4v) is 2.94. The van der Waals surface area contributed by atoms with Crippen LogP contribution >= 0.6 is 11.6 Å². The highest BCUT2D eigenvalue weighted by atomic mass is 35.5. The molecule has 1 amide bonds. The second kappa shape index (κ2) is 8.36. The standard InChI is InChI=1S/C19H24ClN3O3/c1-11(2)10-23-13(4)15(12(3)22-23)9-18(24)21-14-6-7-17(20)16(8-14)19(25)26-5/h6-8,11H,9-10H2,1-5H3,(H,21,24). The molecule has 0 fully saturated rings. The molecule has 140 valence electrons. The van der Waals surface area contributed by atoms with Gasteiger partial charge >= 0.3 is 5.97 Å². The number of hydrogen-bond acceptors (Lipinski definition) is 4. The number of aryl methyl sites for hydroxylation is 1. The van der Waals surface area contributed by atoms with E-state index in [9.17, 15) is 9.59 Å². The van der Waals surface area contributed by atoms with Crippen LogP contribution in [-0.2, 0) is 22.5 Å². The van der Waals surface area contributed by atoms with Gasteiger partial charge in [-0.25, -0.2) is 4.79 Å². The number of anilines is 1. The second-order valence-corrected chi connectivity index (χ2v) is 7.04. The summed E-state index contributed by atoms with van der Waals surface area (Å²) in [6, 6.07) is 4.71. The summed E-state index contributed by atoms with van der Waals surface area (Å²) in [5, 5.41) is 7.60. The van der Waals surface area contributed by atoms with Crippen molar-refractivity contribution in [1.29, 1.82) is 0 Å². The van der Waals surface area contributed by atoms with Crippen molar-refractivity contribution in [3.63, 3.8) is 0 Å². The van der Waals surface area contributed by atoms with Crippen molar-refractivity contribution in [2.24, 2.45) is 5.92 Å². The van der Waals surface area contributed by atoms with Crippen LogP contribution in [0.15, 0.2) is 18.2 Å². The van der Waals surface area contributed by atoms with Crippen LogP contribution < -0.4 is 5.32 Å². The molecular formula is C19H24ClN3O3. The van der Waals surface area contributed by atoms with Gasteiger partial charge in [-0.15, -0.1) is 0 Å². The summed E-state index contributed by atoms with van der Waals surface area (Å²) in [5.74, 6) is -0.258. The Labute approximate surface area is 158 Å². The highest BCUT2D eigenvalue weighted by molar-refractivity contribution is 6.33. The number of hydrogen-bond donors (Lipinski definition) is 1. The van der Waals surface area contributed by atoms with Crippen molar-refractivity contribution >= 4 is 29.2 Å². The zero-order chi connectivity index (χ0) is 19.4. The van der Waals surface area contributed by atoms with Gasteiger partial charge in [-0.1, -0.05) is 25.4 Å². The highest BCUT2D eigenvalue weighted by Crippen LogP contribution is 2.22. The van der Waals surface area contributed by atoms with Gasteiger partial charge < -0.3 is 10.1 Å². The smallest absolute Gasteiger partial charge is 0.339 e. The Morgan fingerprint density at radius 2 is 2.00 bits per heavy atom. The van der Waals surface area contributed by atoms with E-state index >= 15 is 0 Å². The molecule has 0 saturated carbocycles. The number of carbonyl (C=O) groups excluding carboxylic acids is 2. The van der Waals surface area contributed by atoms with Gasteiger partial charge in [0, 0.05) is 23.5 Å². The number of halogens is 1. The van der Waals surface area contributed by atoms with Gasteiger partial charge in [-0.3, -0.25) is 9.48 Å². The largest absolute Gasteiger partial charge is 0.465 e. The number of rotatable bonds is 6. The van der Waals surface area contributed by atoms with Gasteiger partial charge in [-0.2, -0.15) is 5.10 Å². The third-order valence-electron chi connectivity index (χ3n) is 4.06. The first-order valence-electron chi connectivity index (χ1n) is 8.43. The van der Waals surface area contributed by atoms with Crippen molar-refractivity contribution in [3.05, 3.63) is 45.7 Å². The molecule has 1 aromatic heterocycles. The molecule has 2 rings (SSSR count). The molecular weight excluding hydrogens is 354 g/mol. The van der Waals surface area contributed by atoms with Crippen LogP contribution in [0.3, 0.4) is 0 Å². The normalized spacial score (nSPS) is 10.9. The fourth-order valence-electron chi connectivity index (χ4n) is 2.75. The van der Waals surface area contributed by atoms with E-state index in [4.69, 9.17) is 16.3 Å². The fraction of sp³-hybridized carbons (Fsp3) is 0.421. The van der Waals surface area contributed by atoms with E-state index in [1.165, 1.54) is 13.2 Å². The van der Waals surface area contributed by atoms with Gasteiger partial charge in [0.1, 0.15) is 0 Å². The molecule has 1 N–H and O–H groups in total. The Morgan fingerprint density at radius 1 is 1.31 bits per heavy atom. The third kappa shape index (κ3) is 4.64. The van der Waals surface area contributed by atoms with Crippen LogP contribution in [0.25, 0.3) is 0 Å². The van der Waals surface area contributed by atoms with Gasteiger partial charge in [0.05, 0.1) is 29.8 Å². The van der Waals surface area contributed by atoms with Gasteiger partial charge in [-0.05, 0) is 38.0 Å². The van der Waals surface area contributed by atoms with Gasteiger partial charge in [0.2, 0.25) is 5.91 Å². The van der Waals surface area contributed by atoms with E-state index in [-0.39, 0.29) is 22.9 Å². The van der Waals surface area contributed by atoms with Crippen molar-refractivity contribution < 1.29 is 14.3 Å². The number of methoxy groups -OCH3 is 1. The molecule has 6 nitrogen and oxygen atoms in total. The predicted molar refractivity (Wildman–Crippen MR) is 102 cm³/mol. The van der Waals surface area contributed by atoms with Crippen LogP contribution in [0.5, 0.6) is 0 Å². The topological polar surface area (TPSA) is 73.2 Å². The summed E-state index contributed by atoms with van der Waals surface area (Å²) in [6.07, 6.45) is 0.214. The highest BCUT2D eigenvalue weighted by Gasteiger charge is 2.17. The van der Waals surface area contributed by atoms with Crippen molar-refractivity contribution in [2.75, 3.05) is 12.4 Å². The molecule has 0 radical (unpaired) electrons. The van der Waals surface area contributed by atoms with Crippen LogP contribution in [-0.4, -0.2) is 28.8 Å². The molecule has 0 unspecified atom stereocenters. The first-order chi connectivity index (χ1) is 12.2. The molecule has 1 aromatic carbocycles. The van der Waals surface area contributed by atoms with Crippen LogP contribution in [0.2, 0.25) is 5.02 Å². The maximum atomic E-state index is 12.5. The van der Waals surface area contributed by atoms with E-state index in [1.807, 2.05) is 18.5 Å². The minimum atomic E-state index is -0.548. The maximum absolute atomic E-state index is 12.5. The van der Waals surface area contributed by atoms with E-state index in [2.05, 4.69) is 24.3 Å². The Hall–Kier alpha value is -2.34. The second-order valence-electron chi connectivity index (χ2n) is 6.64. The number of nitrogens with one attached hydrogen (secondary N) is 1. The van der Waals surface area contributed by atoms with Crippen molar-refractivity contribution in [2.45, 2.75) is 40.7 Å². The summed E-state index contributed by atoms with van der Waals surface area (Å²) in [4.78, 5) is 24.2. The van der Waals surface area contributed by atoms with Crippen LogP contribution in [0, 0.1) is 19.8 Å². The molecule has 0 saturated heterocycles. The Morgan fingerprint density at radius 3 is 2.62 bits per heavy atom. The molecule has 0 atom stereocenters. The molecule has 7 heteroatoms. The quantitative estimate of drug-likeness (QED) is 0.777. The molecule has 26 heavy (non-hydrogen) atoms. The number of aromatic nitrogens is 2. The number of amides is 1. The number of benzene rings is 1. The minimum absolute atomic E-state index is 0.182. The molecule has 0 aliphatic carbocycles. The van der Waals surface area contributed by atoms with Crippen molar-refractivity contribution in [1.82, 2.24) is 9.78 Å². The summed E-state index contributed by atoms with van der Waals surface area (Å²) in [5.41, 5.74) is 3.47. The monoisotopic (exact) mass is 377 g/mol. The Bertz CT molecular complexity index is 828. The van der Waals surface area contributed by atoms with E-state index in [0.717, 1.165) is 23.5 Å². The molecule has 0 aliphatic heterocycles. The van der Waals surface area contributed by atoms with Crippen LogP contribution in [0.1, 0.15) is 41.2 Å². The predicted octanol–water partition coefficient (Wildman–Crippen LogP) is 3.78. The molecule has 0 aliphatic rings. The van der Waals surface area contributed by atoms with E-state index in [0.29, 0.717) is 11.6 Å². The zero-order valence-electron chi connectivity index (χ0n) is 15.7. The number of nitrogens with zero attached hydrogens (tertiary/aromatic N) is 2. The first kappa shape index (κ1) is 20.0. The lowest BCUT2D eigenvalue weighted by atomic mass is 10.1. The first-order valence-corrected chi connectivity index (χ1v) is 8.81. The number of carbonyl (C=O) groups is 2. The third-order valence-corrected chi connectivity index (χ3v) is 4.39. The van der Waals surface area contributed by atoms with Crippen LogP contribution in [0.4, 0.5) is 5.69 Å². The summed E-state index contributed by atoms with van der Waals surface area (Å²) in [7, 11) is 1.28. The Balaban J connectivity index is 2.15. The lowest BCUT2D eigenvalue weighted by Crippen LogP contribution is -2.16. The average molecular weight is 378 g/mol. The van der Waals surface area contributed by atoms with E-state index < -0.39 is 5.97 Å². The average Bonchev–Trinajstić information content (AvgIpc) is 2.82. The zero-order valence-corrected chi connectivity index (χ0v) is 16.5. The van der Waals surface area contributed by atoms with E-state index in [1.54, 1.807) is 12.1 Å². The SMILES string of the molecule is COC(=O)c1cc(NC(=O)Cc2c(C)nn(CC(C)C)c2C)ccc1Cl. The molecule has 2 aromatic rings. The van der Waals surface area contributed by atoms with Gasteiger partial charge in [0.25, 0.3) is 0 Å². The summed E-state index contributed by atoms with van der Waals surface area (Å²) in [6.45, 7) is 8.95. The molecule has 0 bridgehead atoms. The summed E-state index contributed by atoms with van der Waals surface area (Å²) < 4.78 is 6.64. The Kier molecular flexibility index (Phi) is 6.42. The number of ether oxygens (including phenoxy) is 1. The van der Waals surface area contributed by atoms with Crippen molar-refractivity contribution in [3.8, 4) is 0 Å². The number of esters is 1.